The lowest BCUT2D eigenvalue weighted by atomic mass is 10.7. The van der Waals surface area contributed by atoms with Crippen molar-refractivity contribution >= 4 is 0 Å². The van der Waals surface area contributed by atoms with Gasteiger partial charge in [-0.25, -0.2) is 4.39 Å². The number of hydrogen-bond donors (Lipinski definition) is 0. The van der Waals surface area contributed by atoms with E-state index in [1.807, 2.05) is 0 Å². The lowest BCUT2D eigenvalue weighted by molar-refractivity contribution is 0.410. The van der Waals surface area contributed by atoms with Gasteiger partial charge in [-0.1, -0.05) is 0 Å². The summed E-state index contributed by atoms with van der Waals surface area (Å²) in [5.41, 5.74) is 0. The number of alkyl halides is 1. The quantitative estimate of drug-likeness (QED) is 0.482. The van der Waals surface area contributed by atoms with E-state index in [0.29, 0.717) is 0 Å². The first-order valence-electron chi connectivity index (χ1n) is 1.83. The Kier molecular flexibility index (Phi) is 3.04. The van der Waals surface area contributed by atoms with Gasteiger partial charge in [0.2, 0.25) is 0 Å². The van der Waals surface area contributed by atoms with Crippen LogP contribution < -0.4 is 0 Å². The average Bonchev–Trinajstić information content (AvgIpc) is 1.35. The lowest BCUT2D eigenvalue weighted by Gasteiger charge is -2.01. The molecule has 0 atom stereocenters. The van der Waals surface area contributed by atoms with Crippen LogP contribution in [0.1, 0.15) is 0 Å². The molecule has 0 N–H and O–H groups in total. The van der Waals surface area contributed by atoms with Crippen LogP contribution in [0.4, 0.5) is 4.39 Å². The van der Waals surface area contributed by atoms with Crippen LogP contribution in [0, 0.1) is 6.54 Å². The molecule has 0 aliphatic rings. The summed E-state index contributed by atoms with van der Waals surface area (Å²) in [6.07, 6.45) is 0. The minimum Gasteiger partial charge on any atom is -0.302 e. The Bertz CT molecular complexity index is 28.7. The summed E-state index contributed by atoms with van der Waals surface area (Å²) in [6, 6.07) is 0. The third-order valence-corrected chi connectivity index (χ3v) is 0.434. The molecular formula is C4H9FN. The molecule has 0 fully saturated rings. The second kappa shape index (κ2) is 3.09. The Morgan fingerprint density at radius 1 is 1.67 bits per heavy atom. The Morgan fingerprint density at radius 2 is 2.17 bits per heavy atom. The van der Waals surface area contributed by atoms with E-state index in [0.717, 1.165) is 0 Å². The molecule has 6 heavy (non-hydrogen) atoms. The maximum Gasteiger partial charge on any atom is 0.107 e. The number of nitrogens with zero attached hydrogens (tertiary/aromatic N) is 1. The van der Waals surface area contributed by atoms with Crippen LogP contribution in [0.3, 0.4) is 0 Å². The first-order valence-corrected chi connectivity index (χ1v) is 1.83. The molecule has 0 aliphatic carbocycles. The molecule has 0 heterocycles. The standard InChI is InChI=1S/C4H9FN/c1-6(2)4-3-5/h4H,3H2,1-2H3. The van der Waals surface area contributed by atoms with E-state index in [2.05, 4.69) is 0 Å². The van der Waals surface area contributed by atoms with Gasteiger partial charge in [-0.05, 0) is 14.1 Å². The molecule has 37 valence electrons. The van der Waals surface area contributed by atoms with Crippen molar-refractivity contribution in [3.8, 4) is 0 Å². The molecule has 0 aromatic rings. The molecule has 0 bridgehead atoms. The second-order valence-corrected chi connectivity index (χ2v) is 1.30. The van der Waals surface area contributed by atoms with Gasteiger partial charge < -0.3 is 4.90 Å². The van der Waals surface area contributed by atoms with Crippen molar-refractivity contribution in [3.63, 3.8) is 0 Å². The molecule has 0 saturated carbocycles. The molecular weight excluding hydrogens is 81.0 g/mol. The molecule has 0 aromatic carbocycles. The van der Waals surface area contributed by atoms with E-state index in [9.17, 15) is 4.39 Å². The summed E-state index contributed by atoms with van der Waals surface area (Å²) >= 11 is 0. The fourth-order valence-corrected chi connectivity index (χ4v) is 0.138. The van der Waals surface area contributed by atoms with Crippen molar-refractivity contribution in [2.45, 2.75) is 0 Å². The Hall–Kier alpha value is -0.110. The van der Waals surface area contributed by atoms with Crippen LogP contribution in [0.5, 0.6) is 0 Å². The van der Waals surface area contributed by atoms with E-state index in [-0.39, 0.29) is 6.67 Å². The van der Waals surface area contributed by atoms with Crippen LogP contribution in [-0.4, -0.2) is 25.7 Å². The Morgan fingerprint density at radius 3 is 2.17 bits per heavy atom. The second-order valence-electron chi connectivity index (χ2n) is 1.30. The summed E-state index contributed by atoms with van der Waals surface area (Å²) in [5.74, 6) is 0. The molecule has 0 saturated heterocycles. The molecule has 0 rings (SSSR count). The lowest BCUT2D eigenvalue weighted by Crippen LogP contribution is -2.07. The minimum absolute atomic E-state index is 0.368. The van der Waals surface area contributed by atoms with Crippen molar-refractivity contribution < 1.29 is 4.39 Å². The summed E-state index contributed by atoms with van der Waals surface area (Å²) in [4.78, 5) is 1.68. The van der Waals surface area contributed by atoms with Gasteiger partial charge in [0, 0.05) is 0 Å². The van der Waals surface area contributed by atoms with Gasteiger partial charge in [0.25, 0.3) is 0 Å². The minimum atomic E-state index is -0.368. The fourth-order valence-electron chi connectivity index (χ4n) is 0.138. The zero-order chi connectivity index (χ0) is 4.99. The van der Waals surface area contributed by atoms with Crippen molar-refractivity contribution in [3.05, 3.63) is 6.54 Å². The van der Waals surface area contributed by atoms with Crippen molar-refractivity contribution in [1.29, 1.82) is 0 Å². The summed E-state index contributed by atoms with van der Waals surface area (Å²) < 4.78 is 11.1. The van der Waals surface area contributed by atoms with E-state index in [1.54, 1.807) is 19.0 Å². The first kappa shape index (κ1) is 5.89. The van der Waals surface area contributed by atoms with Gasteiger partial charge in [-0.3, -0.25) is 0 Å². The summed E-state index contributed by atoms with van der Waals surface area (Å²) in [7, 11) is 3.58. The largest absolute Gasteiger partial charge is 0.302 e. The third kappa shape index (κ3) is 3.89. The van der Waals surface area contributed by atoms with Gasteiger partial charge in [0.1, 0.15) is 6.67 Å². The number of hydrogen-bond acceptors (Lipinski definition) is 1. The van der Waals surface area contributed by atoms with Crippen molar-refractivity contribution in [2.24, 2.45) is 0 Å². The van der Waals surface area contributed by atoms with Gasteiger partial charge in [-0.2, -0.15) is 0 Å². The van der Waals surface area contributed by atoms with E-state index >= 15 is 0 Å². The topological polar surface area (TPSA) is 3.24 Å². The highest BCUT2D eigenvalue weighted by molar-refractivity contribution is 4.54. The summed E-state index contributed by atoms with van der Waals surface area (Å²) in [5, 5.41) is 0. The highest BCUT2D eigenvalue weighted by Crippen LogP contribution is 1.79. The number of halogens is 1. The van der Waals surface area contributed by atoms with E-state index in [4.69, 9.17) is 0 Å². The van der Waals surface area contributed by atoms with Gasteiger partial charge in [0.15, 0.2) is 0 Å². The van der Waals surface area contributed by atoms with Crippen molar-refractivity contribution in [2.75, 3.05) is 20.8 Å². The molecule has 0 spiro atoms. The van der Waals surface area contributed by atoms with E-state index < -0.39 is 0 Å². The first-order chi connectivity index (χ1) is 2.77. The zero-order valence-electron chi connectivity index (χ0n) is 4.11. The van der Waals surface area contributed by atoms with Crippen LogP contribution >= 0.6 is 0 Å². The smallest absolute Gasteiger partial charge is 0.107 e. The van der Waals surface area contributed by atoms with Crippen LogP contribution in [0.15, 0.2) is 0 Å². The molecule has 1 radical (unpaired) electrons. The van der Waals surface area contributed by atoms with Crippen molar-refractivity contribution in [1.82, 2.24) is 4.90 Å². The molecule has 0 unspecified atom stereocenters. The predicted octanol–water partition coefficient (Wildman–Crippen LogP) is 0.679. The van der Waals surface area contributed by atoms with Crippen LogP contribution in [0.25, 0.3) is 0 Å². The molecule has 0 amide bonds. The third-order valence-electron chi connectivity index (χ3n) is 0.434. The zero-order valence-corrected chi connectivity index (χ0v) is 4.11. The Labute approximate surface area is 37.8 Å². The fraction of sp³-hybridized carbons (Fsp3) is 0.750. The average molecular weight is 90.1 g/mol. The maximum absolute atomic E-state index is 11.1. The van der Waals surface area contributed by atoms with Crippen LogP contribution in [-0.2, 0) is 0 Å². The van der Waals surface area contributed by atoms with Crippen LogP contribution in [0.2, 0.25) is 0 Å². The summed E-state index contributed by atoms with van der Waals surface area (Å²) in [6.45, 7) is 1.09. The SMILES string of the molecule is CN(C)[CH]CF. The van der Waals surface area contributed by atoms with Gasteiger partial charge in [0.05, 0.1) is 6.54 Å². The molecule has 0 aromatic heterocycles. The van der Waals surface area contributed by atoms with Gasteiger partial charge >= 0.3 is 0 Å². The highest BCUT2D eigenvalue weighted by atomic mass is 19.1. The maximum atomic E-state index is 11.1. The molecule has 0 aliphatic heterocycles. The van der Waals surface area contributed by atoms with Gasteiger partial charge in [-0.15, -0.1) is 0 Å². The Balaban J connectivity index is 2.63. The molecule has 1 nitrogen and oxygen atoms in total. The number of rotatable bonds is 2. The predicted molar refractivity (Wildman–Crippen MR) is 24.0 cm³/mol. The highest BCUT2D eigenvalue weighted by Gasteiger charge is 1.83. The molecule has 2 heteroatoms. The monoisotopic (exact) mass is 90.1 g/mol. The normalized spacial score (nSPS) is 10.0. The van der Waals surface area contributed by atoms with E-state index in [1.165, 1.54) is 6.54 Å².